The summed E-state index contributed by atoms with van der Waals surface area (Å²) in [7, 11) is 2.07. The van der Waals surface area contributed by atoms with Crippen molar-refractivity contribution in [2.45, 2.75) is 51.5 Å². The van der Waals surface area contributed by atoms with E-state index < -0.39 is 0 Å². The van der Waals surface area contributed by atoms with Crippen LogP contribution in [0.4, 0.5) is 0 Å². The molecular formula is C17H27NO2. The van der Waals surface area contributed by atoms with Gasteiger partial charge in [-0.3, -0.25) is 0 Å². The first-order valence-corrected chi connectivity index (χ1v) is 7.85. The van der Waals surface area contributed by atoms with E-state index in [4.69, 9.17) is 9.47 Å². The average Bonchev–Trinajstić information content (AvgIpc) is 2.49. The Hall–Kier alpha value is -1.22. The number of hydrogen-bond acceptors (Lipinski definition) is 3. The zero-order chi connectivity index (χ0) is 14.4. The maximum atomic E-state index is 5.73. The lowest BCUT2D eigenvalue weighted by Gasteiger charge is -2.29. The molecule has 2 unspecified atom stereocenters. The molecule has 0 aromatic heterocycles. The van der Waals surface area contributed by atoms with Crippen molar-refractivity contribution in [2.75, 3.05) is 20.3 Å². The lowest BCUT2D eigenvalue weighted by molar-refractivity contribution is 0.286. The van der Waals surface area contributed by atoms with Gasteiger partial charge in [0.15, 0.2) is 11.5 Å². The predicted molar refractivity (Wildman–Crippen MR) is 82.8 cm³/mol. The summed E-state index contributed by atoms with van der Waals surface area (Å²) in [4.78, 5) is 0. The van der Waals surface area contributed by atoms with Gasteiger partial charge in [0.25, 0.3) is 0 Å². The van der Waals surface area contributed by atoms with Gasteiger partial charge < -0.3 is 14.8 Å². The van der Waals surface area contributed by atoms with Gasteiger partial charge in [-0.05, 0) is 63.8 Å². The fourth-order valence-corrected chi connectivity index (χ4v) is 3.08. The van der Waals surface area contributed by atoms with Crippen LogP contribution >= 0.6 is 0 Å². The van der Waals surface area contributed by atoms with Crippen LogP contribution in [0.1, 0.15) is 51.0 Å². The van der Waals surface area contributed by atoms with Crippen LogP contribution in [0.5, 0.6) is 11.5 Å². The molecule has 1 fully saturated rings. The van der Waals surface area contributed by atoms with Gasteiger partial charge in [0, 0.05) is 6.04 Å². The largest absolute Gasteiger partial charge is 0.490 e. The molecule has 112 valence electrons. The fourth-order valence-electron chi connectivity index (χ4n) is 3.08. The Morgan fingerprint density at radius 3 is 2.55 bits per heavy atom. The van der Waals surface area contributed by atoms with Crippen LogP contribution in [0, 0.1) is 0 Å². The molecule has 1 aromatic rings. The lowest BCUT2D eigenvalue weighted by atomic mass is 9.81. The van der Waals surface area contributed by atoms with E-state index in [2.05, 4.69) is 30.6 Å². The summed E-state index contributed by atoms with van der Waals surface area (Å²) < 4.78 is 11.4. The number of ether oxygens (including phenoxy) is 2. The summed E-state index contributed by atoms with van der Waals surface area (Å²) in [5.41, 5.74) is 1.39. The zero-order valence-corrected chi connectivity index (χ0v) is 12.9. The van der Waals surface area contributed by atoms with Gasteiger partial charge in [-0.25, -0.2) is 0 Å². The van der Waals surface area contributed by atoms with Crippen molar-refractivity contribution >= 4 is 0 Å². The summed E-state index contributed by atoms with van der Waals surface area (Å²) in [5, 5.41) is 3.42. The molecule has 1 aliphatic carbocycles. The first-order chi connectivity index (χ1) is 9.78. The highest BCUT2D eigenvalue weighted by Crippen LogP contribution is 2.37. The third-order valence-electron chi connectivity index (χ3n) is 4.12. The molecule has 1 saturated carbocycles. The first-order valence-electron chi connectivity index (χ1n) is 7.85. The quantitative estimate of drug-likeness (QED) is 0.859. The molecule has 20 heavy (non-hydrogen) atoms. The predicted octanol–water partition coefficient (Wildman–Crippen LogP) is 3.73. The molecule has 3 nitrogen and oxygen atoms in total. The van der Waals surface area contributed by atoms with E-state index in [0.717, 1.165) is 11.5 Å². The third-order valence-corrected chi connectivity index (χ3v) is 4.12. The molecule has 3 heteroatoms. The van der Waals surface area contributed by atoms with Crippen molar-refractivity contribution in [1.82, 2.24) is 5.32 Å². The Kier molecular flexibility index (Phi) is 5.72. The van der Waals surface area contributed by atoms with Gasteiger partial charge in [-0.2, -0.15) is 0 Å². The van der Waals surface area contributed by atoms with Crippen molar-refractivity contribution < 1.29 is 9.47 Å². The summed E-state index contributed by atoms with van der Waals surface area (Å²) >= 11 is 0. The molecule has 0 spiro atoms. The second kappa shape index (κ2) is 7.53. The summed E-state index contributed by atoms with van der Waals surface area (Å²) in [6.45, 7) is 5.36. The molecule has 0 saturated heterocycles. The molecule has 2 rings (SSSR count). The van der Waals surface area contributed by atoms with E-state index in [1.54, 1.807) is 0 Å². The summed E-state index contributed by atoms with van der Waals surface area (Å²) in [6, 6.07) is 7.09. The highest BCUT2D eigenvalue weighted by atomic mass is 16.5. The maximum absolute atomic E-state index is 5.73. The monoisotopic (exact) mass is 277 g/mol. The topological polar surface area (TPSA) is 30.5 Å². The van der Waals surface area contributed by atoms with Crippen molar-refractivity contribution in [3.63, 3.8) is 0 Å². The van der Waals surface area contributed by atoms with Crippen molar-refractivity contribution in [2.24, 2.45) is 0 Å². The van der Waals surface area contributed by atoms with Crippen LogP contribution in [0.3, 0.4) is 0 Å². The Morgan fingerprint density at radius 2 is 1.85 bits per heavy atom. The van der Waals surface area contributed by atoms with Crippen molar-refractivity contribution in [3.05, 3.63) is 23.8 Å². The van der Waals surface area contributed by atoms with Crippen LogP contribution < -0.4 is 14.8 Å². The molecule has 1 N–H and O–H groups in total. The number of nitrogens with one attached hydrogen (secondary N) is 1. The van der Waals surface area contributed by atoms with E-state index in [-0.39, 0.29) is 0 Å². The Bertz CT molecular complexity index is 419. The minimum Gasteiger partial charge on any atom is -0.490 e. The first kappa shape index (κ1) is 15.2. The van der Waals surface area contributed by atoms with E-state index in [1.807, 2.05) is 13.8 Å². The summed E-state index contributed by atoms with van der Waals surface area (Å²) in [5.74, 6) is 2.38. The highest BCUT2D eigenvalue weighted by molar-refractivity contribution is 5.44. The second-order valence-electron chi connectivity index (χ2n) is 5.42. The molecule has 1 aliphatic rings. The van der Waals surface area contributed by atoms with Crippen molar-refractivity contribution in [3.8, 4) is 11.5 Å². The molecule has 0 bridgehead atoms. The maximum Gasteiger partial charge on any atom is 0.161 e. The van der Waals surface area contributed by atoms with E-state index in [0.29, 0.717) is 25.2 Å². The number of hydrogen-bond donors (Lipinski definition) is 1. The van der Waals surface area contributed by atoms with E-state index >= 15 is 0 Å². The van der Waals surface area contributed by atoms with E-state index in [9.17, 15) is 0 Å². The smallest absolute Gasteiger partial charge is 0.161 e. The highest BCUT2D eigenvalue weighted by Gasteiger charge is 2.23. The lowest BCUT2D eigenvalue weighted by Crippen LogP contribution is -2.30. The van der Waals surface area contributed by atoms with Crippen LogP contribution in [-0.4, -0.2) is 26.3 Å². The number of rotatable bonds is 6. The van der Waals surface area contributed by atoms with Crippen molar-refractivity contribution in [1.29, 1.82) is 0 Å². The van der Waals surface area contributed by atoms with Crippen LogP contribution in [0.25, 0.3) is 0 Å². The fraction of sp³-hybridized carbons (Fsp3) is 0.647. The van der Waals surface area contributed by atoms with Gasteiger partial charge in [-0.15, -0.1) is 0 Å². The summed E-state index contributed by atoms with van der Waals surface area (Å²) in [6.07, 6.45) is 5.09. The second-order valence-corrected chi connectivity index (χ2v) is 5.42. The minimum absolute atomic E-state index is 0.635. The van der Waals surface area contributed by atoms with Crippen LogP contribution in [0.15, 0.2) is 18.2 Å². The van der Waals surface area contributed by atoms with Gasteiger partial charge >= 0.3 is 0 Å². The molecule has 0 amide bonds. The molecule has 0 radical (unpaired) electrons. The Morgan fingerprint density at radius 1 is 1.10 bits per heavy atom. The van der Waals surface area contributed by atoms with E-state index in [1.165, 1.54) is 31.2 Å². The van der Waals surface area contributed by atoms with Gasteiger partial charge in [0.2, 0.25) is 0 Å². The zero-order valence-electron chi connectivity index (χ0n) is 12.9. The third kappa shape index (κ3) is 3.66. The van der Waals surface area contributed by atoms with Gasteiger partial charge in [0.05, 0.1) is 13.2 Å². The molecule has 0 aliphatic heterocycles. The molecule has 1 aromatic carbocycles. The molecular weight excluding hydrogens is 250 g/mol. The Labute approximate surface area is 122 Å². The normalized spacial score (nSPS) is 22.6. The Balaban J connectivity index is 2.16. The SMILES string of the molecule is CCOc1ccc(C2CCCC(NC)C2)cc1OCC. The molecule has 2 atom stereocenters. The minimum atomic E-state index is 0.635. The van der Waals surface area contributed by atoms with Crippen LogP contribution in [0.2, 0.25) is 0 Å². The average molecular weight is 277 g/mol. The van der Waals surface area contributed by atoms with Gasteiger partial charge in [0.1, 0.15) is 0 Å². The number of benzene rings is 1. The standard InChI is InChI=1S/C17H27NO2/c1-4-19-16-10-9-14(12-17(16)20-5-2)13-7-6-8-15(11-13)18-3/h9-10,12-13,15,18H,4-8,11H2,1-3H3. The molecule has 0 heterocycles. The van der Waals surface area contributed by atoms with Crippen LogP contribution in [-0.2, 0) is 0 Å². The van der Waals surface area contributed by atoms with Gasteiger partial charge in [-0.1, -0.05) is 12.5 Å².